The third-order valence-corrected chi connectivity index (χ3v) is 8.56. The summed E-state index contributed by atoms with van der Waals surface area (Å²) < 4.78 is 5.38. The van der Waals surface area contributed by atoms with Crippen LogP contribution in [0.25, 0.3) is 0 Å². The maximum Gasteiger partial charge on any atom is 0.411 e. The van der Waals surface area contributed by atoms with Crippen LogP contribution >= 0.6 is 0 Å². The Morgan fingerprint density at radius 3 is 1.52 bits per heavy atom. The number of amides is 1. The van der Waals surface area contributed by atoms with Gasteiger partial charge < -0.3 is 4.74 Å². The molecule has 0 heterocycles. The molecule has 2 aliphatic rings. The SMILES string of the molecule is C#Cc1ccc(C#CC#N)cc1.C[Si](C)(C)C#Cc1ccc(C#CC#N)cc1.N#CC#Cc1ccc(NC(=O)OCC2C3CCC#CCCC32)cc1. The van der Waals surface area contributed by atoms with Crippen LogP contribution in [0.4, 0.5) is 10.5 Å². The van der Waals surface area contributed by atoms with E-state index in [0.29, 0.717) is 30.0 Å². The molecule has 52 heavy (non-hydrogen) atoms. The number of nitriles is 3. The molecule has 1 N–H and O–H groups in total. The van der Waals surface area contributed by atoms with E-state index < -0.39 is 14.2 Å². The van der Waals surface area contributed by atoms with Gasteiger partial charge in [0.25, 0.3) is 0 Å². The highest BCUT2D eigenvalue weighted by molar-refractivity contribution is 6.83. The van der Waals surface area contributed by atoms with Crippen molar-refractivity contribution in [2.45, 2.75) is 45.3 Å². The summed E-state index contributed by atoms with van der Waals surface area (Å²) in [5.41, 5.74) is 8.15. The molecule has 6 nitrogen and oxygen atoms in total. The van der Waals surface area contributed by atoms with Crippen molar-refractivity contribution in [1.82, 2.24) is 0 Å². The zero-order valence-electron chi connectivity index (χ0n) is 29.4. The Hall–Kier alpha value is -7.02. The molecule has 3 aromatic carbocycles. The lowest BCUT2D eigenvalue weighted by Crippen LogP contribution is -2.16. The van der Waals surface area contributed by atoms with E-state index in [1.54, 1.807) is 66.7 Å². The van der Waals surface area contributed by atoms with Crippen LogP contribution in [0.3, 0.4) is 0 Å². The van der Waals surface area contributed by atoms with Crippen molar-refractivity contribution in [3.8, 4) is 89.4 Å². The summed E-state index contributed by atoms with van der Waals surface area (Å²) in [5.74, 6) is 29.0. The Balaban J connectivity index is 0.000000226. The maximum absolute atomic E-state index is 11.9. The molecule has 0 radical (unpaired) electrons. The van der Waals surface area contributed by atoms with E-state index in [9.17, 15) is 4.79 Å². The molecule has 0 bridgehead atoms. The van der Waals surface area contributed by atoms with Crippen LogP contribution < -0.4 is 5.32 Å². The predicted octanol–water partition coefficient (Wildman–Crippen LogP) is 7.88. The number of rotatable bonds is 3. The number of nitrogens with one attached hydrogen (secondary N) is 1. The number of hydrogen-bond acceptors (Lipinski definition) is 5. The van der Waals surface area contributed by atoms with E-state index in [-0.39, 0.29) is 0 Å². The Bertz CT molecular complexity index is 2180. The quantitative estimate of drug-likeness (QED) is 0.222. The fourth-order valence-corrected chi connectivity index (χ4v) is 5.61. The van der Waals surface area contributed by atoms with Gasteiger partial charge in [-0.25, -0.2) is 4.79 Å². The highest BCUT2D eigenvalue weighted by atomic mass is 28.3. The van der Waals surface area contributed by atoms with Crippen molar-refractivity contribution in [2.24, 2.45) is 17.8 Å². The molecule has 2 unspecified atom stereocenters. The third kappa shape index (κ3) is 15.0. The molecule has 5 rings (SSSR count). The Kier molecular flexibility index (Phi) is 16.0. The Morgan fingerprint density at radius 1 is 0.712 bits per heavy atom. The van der Waals surface area contributed by atoms with Crippen LogP contribution in [0, 0.1) is 123 Å². The summed E-state index contributed by atoms with van der Waals surface area (Å²) in [6.45, 7) is 7.12. The average molecular weight is 693 g/mol. The van der Waals surface area contributed by atoms with E-state index in [2.05, 4.69) is 89.7 Å². The van der Waals surface area contributed by atoms with Gasteiger partial charge in [0.1, 0.15) is 8.07 Å². The lowest BCUT2D eigenvalue weighted by molar-refractivity contribution is 0.152. The molecular formula is C45H36N4O2Si. The van der Waals surface area contributed by atoms with Gasteiger partial charge in [-0.15, -0.1) is 23.8 Å². The second-order valence-corrected chi connectivity index (χ2v) is 17.4. The standard InChI is InChI=1S/C20H18N2O2.C14H13NSi.C11H5N/c21-13-5-6-15-9-11-16(12-10-15)22-20(23)24-14-19-17-7-3-1-2-4-8-18(17)19;1-16(2,3)12-10-14-8-6-13(7-9-14)5-4-11-15;1-2-10-5-7-11(8-6-10)4-3-9-12/h9-12,17-19H,3-4,7-8,14H2,(H,22,23);6-9H,1-3H3;1,5-8H. The Morgan fingerprint density at radius 2 is 1.12 bits per heavy atom. The van der Waals surface area contributed by atoms with E-state index >= 15 is 0 Å². The fourth-order valence-electron chi connectivity index (χ4n) is 5.09. The monoisotopic (exact) mass is 692 g/mol. The first kappa shape index (κ1) is 39.4. The van der Waals surface area contributed by atoms with Gasteiger partial charge in [0.2, 0.25) is 0 Å². The lowest BCUT2D eigenvalue weighted by atomic mass is 10.1. The summed E-state index contributed by atoms with van der Waals surface area (Å²) in [7, 11) is -1.31. The number of fused-ring (bicyclic) bond motifs is 1. The van der Waals surface area contributed by atoms with Gasteiger partial charge in [-0.05, 0) is 103 Å². The zero-order chi connectivity index (χ0) is 37.6. The van der Waals surface area contributed by atoms with Gasteiger partial charge in [0.05, 0.1) is 6.61 Å². The minimum Gasteiger partial charge on any atom is -0.449 e. The number of ether oxygens (including phenoxy) is 1. The number of nitrogens with zero attached hydrogens (tertiary/aromatic N) is 3. The largest absolute Gasteiger partial charge is 0.449 e. The van der Waals surface area contributed by atoms with Crippen molar-refractivity contribution < 1.29 is 9.53 Å². The second-order valence-electron chi connectivity index (χ2n) is 12.6. The zero-order valence-corrected chi connectivity index (χ0v) is 30.4. The summed E-state index contributed by atoms with van der Waals surface area (Å²) in [5, 5.41) is 27.6. The third-order valence-electron chi connectivity index (χ3n) is 7.68. The second kappa shape index (κ2) is 21.1. The number of carbonyl (C=O) groups excluding carboxylic acids is 1. The molecule has 0 aliphatic heterocycles. The average Bonchev–Trinajstić information content (AvgIpc) is 3.80. The molecule has 252 valence electrons. The molecule has 0 saturated heterocycles. The normalized spacial score (nSPS) is 15.3. The first-order valence-corrected chi connectivity index (χ1v) is 20.1. The fraction of sp³-hybridized carbons (Fsp3) is 0.244. The Labute approximate surface area is 309 Å². The molecule has 0 spiro atoms. The van der Waals surface area contributed by atoms with Gasteiger partial charge in [0, 0.05) is 64.1 Å². The molecule has 1 saturated carbocycles. The van der Waals surface area contributed by atoms with E-state index in [4.69, 9.17) is 26.9 Å². The maximum atomic E-state index is 11.9. The van der Waals surface area contributed by atoms with Crippen molar-refractivity contribution in [2.75, 3.05) is 11.9 Å². The highest BCUT2D eigenvalue weighted by Gasteiger charge is 2.49. The first-order chi connectivity index (χ1) is 25.1. The topological polar surface area (TPSA) is 110 Å². The molecule has 2 atom stereocenters. The van der Waals surface area contributed by atoms with Crippen molar-refractivity contribution in [3.63, 3.8) is 0 Å². The molecule has 2 aliphatic carbocycles. The van der Waals surface area contributed by atoms with Gasteiger partial charge in [-0.3, -0.25) is 5.32 Å². The number of hydrogen-bond donors (Lipinski definition) is 1. The molecule has 1 fully saturated rings. The van der Waals surface area contributed by atoms with Crippen molar-refractivity contribution >= 4 is 19.9 Å². The van der Waals surface area contributed by atoms with E-state index in [0.717, 1.165) is 53.5 Å². The number of terminal acetylenes is 1. The summed E-state index contributed by atoms with van der Waals surface area (Å²) in [6.07, 6.45) is 8.91. The summed E-state index contributed by atoms with van der Waals surface area (Å²) in [6, 6.07) is 27.1. The molecule has 7 heteroatoms. The van der Waals surface area contributed by atoms with Crippen LogP contribution in [0.1, 0.15) is 53.5 Å². The molecular weight excluding hydrogens is 657 g/mol. The molecule has 1 amide bonds. The van der Waals surface area contributed by atoms with Gasteiger partial charge in [-0.1, -0.05) is 49.2 Å². The number of anilines is 1. The number of carbonyl (C=O) groups is 1. The predicted molar refractivity (Wildman–Crippen MR) is 207 cm³/mol. The summed E-state index contributed by atoms with van der Waals surface area (Å²) in [4.78, 5) is 11.9. The van der Waals surface area contributed by atoms with Crippen LogP contribution in [0.5, 0.6) is 0 Å². The lowest BCUT2D eigenvalue weighted by Gasteiger charge is -2.07. The van der Waals surface area contributed by atoms with Gasteiger partial charge in [-0.2, -0.15) is 15.8 Å². The molecule has 3 aromatic rings. The van der Waals surface area contributed by atoms with Crippen molar-refractivity contribution in [1.29, 1.82) is 15.8 Å². The first-order valence-electron chi connectivity index (χ1n) is 16.6. The number of benzene rings is 3. The minimum atomic E-state index is -1.31. The van der Waals surface area contributed by atoms with Crippen LogP contribution in [0.2, 0.25) is 19.6 Å². The van der Waals surface area contributed by atoms with Gasteiger partial charge >= 0.3 is 6.09 Å². The van der Waals surface area contributed by atoms with E-state index in [1.807, 2.05) is 24.3 Å². The van der Waals surface area contributed by atoms with Crippen LogP contribution in [-0.4, -0.2) is 20.8 Å². The molecule has 0 aromatic heterocycles. The smallest absolute Gasteiger partial charge is 0.411 e. The van der Waals surface area contributed by atoms with Crippen LogP contribution in [-0.2, 0) is 4.74 Å². The van der Waals surface area contributed by atoms with Crippen LogP contribution in [0.15, 0.2) is 72.8 Å². The summed E-state index contributed by atoms with van der Waals surface area (Å²) >= 11 is 0. The van der Waals surface area contributed by atoms with E-state index in [1.165, 1.54) is 0 Å². The van der Waals surface area contributed by atoms with Crippen molar-refractivity contribution in [3.05, 3.63) is 101 Å². The minimum absolute atomic E-state index is 0.429. The van der Waals surface area contributed by atoms with Gasteiger partial charge in [0.15, 0.2) is 18.2 Å². The highest BCUT2D eigenvalue weighted by Crippen LogP contribution is 2.52.